The highest BCUT2D eigenvalue weighted by atomic mass is 32.1. The van der Waals surface area contributed by atoms with E-state index in [2.05, 4.69) is 42.5 Å². The number of benzene rings is 1. The fourth-order valence-electron chi connectivity index (χ4n) is 2.60. The van der Waals surface area contributed by atoms with Gasteiger partial charge in [0, 0.05) is 16.2 Å². The van der Waals surface area contributed by atoms with Gasteiger partial charge in [-0.1, -0.05) is 30.3 Å². The van der Waals surface area contributed by atoms with Crippen LogP contribution in [0.4, 0.5) is 0 Å². The molecule has 0 saturated carbocycles. The van der Waals surface area contributed by atoms with Gasteiger partial charge in [0.15, 0.2) is 0 Å². The van der Waals surface area contributed by atoms with Crippen LogP contribution < -0.4 is 0 Å². The van der Waals surface area contributed by atoms with Crippen molar-refractivity contribution in [3.63, 3.8) is 0 Å². The van der Waals surface area contributed by atoms with E-state index in [1.54, 1.807) is 0 Å². The maximum Gasteiger partial charge on any atom is 0.305 e. The lowest BCUT2D eigenvalue weighted by Crippen LogP contribution is -2.03. The fraction of sp³-hybridized carbons (Fsp3) is 0.450. The van der Waals surface area contributed by atoms with Crippen LogP contribution in [-0.4, -0.2) is 12.6 Å². The Balaban J connectivity index is 1.62. The molecule has 0 radical (unpaired) electrons. The highest BCUT2D eigenvalue weighted by Crippen LogP contribution is 2.21. The first kappa shape index (κ1) is 17.7. The van der Waals surface area contributed by atoms with Crippen molar-refractivity contribution in [2.45, 2.75) is 51.9 Å². The Kier molecular flexibility index (Phi) is 7.88. The fourth-order valence-corrected chi connectivity index (χ4v) is 3.71. The molecule has 3 heteroatoms. The van der Waals surface area contributed by atoms with E-state index >= 15 is 0 Å². The predicted octanol–water partition coefficient (Wildman–Crippen LogP) is 5.20. The van der Waals surface area contributed by atoms with Crippen LogP contribution in [0.1, 0.15) is 47.9 Å². The van der Waals surface area contributed by atoms with Crippen LogP contribution in [0, 0.1) is 0 Å². The minimum Gasteiger partial charge on any atom is -0.466 e. The highest BCUT2D eigenvalue weighted by Gasteiger charge is 2.04. The van der Waals surface area contributed by atoms with Gasteiger partial charge in [0.2, 0.25) is 0 Å². The molecule has 0 N–H and O–H groups in total. The molecule has 0 amide bonds. The molecule has 0 atom stereocenters. The smallest absolute Gasteiger partial charge is 0.305 e. The van der Waals surface area contributed by atoms with Crippen molar-refractivity contribution in [1.29, 1.82) is 0 Å². The molecule has 0 unspecified atom stereocenters. The molecule has 1 heterocycles. The van der Waals surface area contributed by atoms with Crippen molar-refractivity contribution in [1.82, 2.24) is 0 Å². The molecule has 0 saturated heterocycles. The average molecular weight is 330 g/mol. The molecule has 0 aliphatic rings. The van der Waals surface area contributed by atoms with Crippen LogP contribution in [0.5, 0.6) is 0 Å². The van der Waals surface area contributed by atoms with E-state index in [1.165, 1.54) is 21.7 Å². The van der Waals surface area contributed by atoms with Crippen molar-refractivity contribution < 1.29 is 9.53 Å². The zero-order chi connectivity index (χ0) is 16.3. The summed E-state index contributed by atoms with van der Waals surface area (Å²) in [6, 6.07) is 15.2. The summed E-state index contributed by atoms with van der Waals surface area (Å²) in [4.78, 5) is 14.2. The monoisotopic (exact) mass is 330 g/mol. The van der Waals surface area contributed by atoms with Gasteiger partial charge in [-0.3, -0.25) is 4.79 Å². The third-order valence-electron chi connectivity index (χ3n) is 3.81. The van der Waals surface area contributed by atoms with Crippen molar-refractivity contribution in [3.05, 3.63) is 57.8 Å². The Bertz CT molecular complexity index is 574. The normalized spacial score (nSPS) is 10.7. The Morgan fingerprint density at radius 2 is 1.61 bits per heavy atom. The second kappa shape index (κ2) is 10.2. The summed E-state index contributed by atoms with van der Waals surface area (Å²) >= 11 is 1.92. The van der Waals surface area contributed by atoms with Gasteiger partial charge in [-0.15, -0.1) is 11.3 Å². The number of unbranched alkanes of at least 4 members (excludes halogenated alkanes) is 1. The van der Waals surface area contributed by atoms with E-state index < -0.39 is 0 Å². The van der Waals surface area contributed by atoms with Gasteiger partial charge in [0.05, 0.1) is 6.61 Å². The molecule has 0 spiro atoms. The first-order valence-corrected chi connectivity index (χ1v) is 9.36. The SMILES string of the molecule is CCOC(=O)CCCCc1ccc(CCCc2ccccc2)s1. The van der Waals surface area contributed by atoms with Crippen LogP contribution in [0.2, 0.25) is 0 Å². The first-order chi connectivity index (χ1) is 11.3. The third kappa shape index (κ3) is 7.00. The van der Waals surface area contributed by atoms with Gasteiger partial charge in [-0.05, 0) is 63.1 Å². The second-order valence-corrected chi connectivity index (χ2v) is 6.97. The van der Waals surface area contributed by atoms with E-state index in [1.807, 2.05) is 18.3 Å². The van der Waals surface area contributed by atoms with E-state index in [0.717, 1.165) is 32.1 Å². The summed E-state index contributed by atoms with van der Waals surface area (Å²) in [5.74, 6) is -0.0692. The zero-order valence-corrected chi connectivity index (χ0v) is 14.7. The molecule has 0 aliphatic heterocycles. The molecule has 124 valence electrons. The van der Waals surface area contributed by atoms with E-state index in [4.69, 9.17) is 4.74 Å². The lowest BCUT2D eigenvalue weighted by Gasteiger charge is -2.01. The van der Waals surface area contributed by atoms with Gasteiger partial charge in [-0.2, -0.15) is 0 Å². The summed E-state index contributed by atoms with van der Waals surface area (Å²) in [7, 11) is 0. The van der Waals surface area contributed by atoms with Gasteiger partial charge >= 0.3 is 5.97 Å². The molecular weight excluding hydrogens is 304 g/mol. The average Bonchev–Trinajstić information content (AvgIpc) is 3.01. The Morgan fingerprint density at radius 3 is 2.30 bits per heavy atom. The molecular formula is C20H26O2S. The molecule has 23 heavy (non-hydrogen) atoms. The molecule has 2 nitrogen and oxygen atoms in total. The van der Waals surface area contributed by atoms with Gasteiger partial charge < -0.3 is 4.74 Å². The van der Waals surface area contributed by atoms with Gasteiger partial charge in [-0.25, -0.2) is 0 Å². The number of carbonyl (C=O) groups is 1. The minimum atomic E-state index is -0.0692. The number of hydrogen-bond acceptors (Lipinski definition) is 3. The van der Waals surface area contributed by atoms with Crippen LogP contribution >= 0.6 is 11.3 Å². The van der Waals surface area contributed by atoms with Crippen LogP contribution in [0.3, 0.4) is 0 Å². The topological polar surface area (TPSA) is 26.3 Å². The maximum atomic E-state index is 11.3. The molecule has 0 fully saturated rings. The lowest BCUT2D eigenvalue weighted by molar-refractivity contribution is -0.143. The quantitative estimate of drug-likeness (QED) is 0.442. The van der Waals surface area contributed by atoms with E-state index in [0.29, 0.717) is 13.0 Å². The molecule has 0 bridgehead atoms. The van der Waals surface area contributed by atoms with E-state index in [-0.39, 0.29) is 5.97 Å². The number of carbonyl (C=O) groups excluding carboxylic acids is 1. The Hall–Kier alpha value is -1.61. The molecule has 0 aliphatic carbocycles. The second-order valence-electron chi connectivity index (χ2n) is 5.72. The van der Waals surface area contributed by atoms with Crippen LogP contribution in [-0.2, 0) is 28.8 Å². The number of rotatable bonds is 10. The Labute approximate surface area is 143 Å². The van der Waals surface area contributed by atoms with Gasteiger partial charge in [0.1, 0.15) is 0 Å². The zero-order valence-electron chi connectivity index (χ0n) is 13.9. The number of ether oxygens (including phenoxy) is 1. The molecule has 2 aromatic rings. The summed E-state index contributed by atoms with van der Waals surface area (Å²) in [5.41, 5.74) is 1.42. The summed E-state index contributed by atoms with van der Waals surface area (Å²) in [6.45, 7) is 2.33. The van der Waals surface area contributed by atoms with Crippen molar-refractivity contribution >= 4 is 17.3 Å². The van der Waals surface area contributed by atoms with E-state index in [9.17, 15) is 4.79 Å². The molecule has 1 aromatic heterocycles. The van der Waals surface area contributed by atoms with Gasteiger partial charge in [0.25, 0.3) is 0 Å². The lowest BCUT2D eigenvalue weighted by atomic mass is 10.1. The Morgan fingerprint density at radius 1 is 0.913 bits per heavy atom. The highest BCUT2D eigenvalue weighted by molar-refractivity contribution is 7.11. The number of thiophene rings is 1. The summed E-state index contributed by atoms with van der Waals surface area (Å²) in [5, 5.41) is 0. The predicted molar refractivity (Wildman–Crippen MR) is 97.0 cm³/mol. The molecule has 2 rings (SSSR count). The number of esters is 1. The number of aryl methyl sites for hydroxylation is 3. The van der Waals surface area contributed by atoms with Crippen molar-refractivity contribution in [2.75, 3.05) is 6.61 Å². The summed E-state index contributed by atoms with van der Waals surface area (Å²) < 4.78 is 4.94. The molecule has 1 aromatic carbocycles. The number of hydrogen-bond donors (Lipinski definition) is 0. The largest absolute Gasteiger partial charge is 0.466 e. The third-order valence-corrected chi connectivity index (χ3v) is 5.01. The van der Waals surface area contributed by atoms with Crippen LogP contribution in [0.25, 0.3) is 0 Å². The maximum absolute atomic E-state index is 11.3. The van der Waals surface area contributed by atoms with Crippen molar-refractivity contribution in [2.24, 2.45) is 0 Å². The van der Waals surface area contributed by atoms with Crippen LogP contribution in [0.15, 0.2) is 42.5 Å². The first-order valence-electron chi connectivity index (χ1n) is 8.55. The standard InChI is InChI=1S/C20H26O2S/c1-2-22-20(21)14-7-6-12-18-15-16-19(23-18)13-8-11-17-9-4-3-5-10-17/h3-5,9-10,15-16H,2,6-8,11-14H2,1H3. The minimum absolute atomic E-state index is 0.0692. The van der Waals surface area contributed by atoms with Crippen molar-refractivity contribution in [3.8, 4) is 0 Å². The summed E-state index contributed by atoms with van der Waals surface area (Å²) in [6.07, 6.45) is 7.09.